The van der Waals surface area contributed by atoms with Gasteiger partial charge in [0.1, 0.15) is 10.8 Å². The summed E-state index contributed by atoms with van der Waals surface area (Å²) in [5.41, 5.74) is 2.30. The lowest BCUT2D eigenvalue weighted by Gasteiger charge is -2.07. The van der Waals surface area contributed by atoms with Gasteiger partial charge in [0.05, 0.1) is 5.69 Å². The first kappa shape index (κ1) is 13.6. The third-order valence-corrected chi connectivity index (χ3v) is 4.67. The molecular formula is C15H18FN3S. The second-order valence-corrected chi connectivity index (χ2v) is 6.27. The van der Waals surface area contributed by atoms with Crippen LogP contribution in [0.1, 0.15) is 24.1 Å². The Balaban J connectivity index is 1.81. The maximum atomic E-state index is 13.0. The van der Waals surface area contributed by atoms with Crippen molar-refractivity contribution in [1.82, 2.24) is 15.1 Å². The molecule has 1 aromatic carbocycles. The zero-order chi connectivity index (χ0) is 14.1. The van der Waals surface area contributed by atoms with Gasteiger partial charge < -0.3 is 5.32 Å². The molecule has 0 radical (unpaired) electrons. The van der Waals surface area contributed by atoms with Crippen molar-refractivity contribution in [3.05, 3.63) is 41.3 Å². The van der Waals surface area contributed by atoms with Crippen molar-refractivity contribution in [2.45, 2.75) is 42.3 Å². The molecule has 0 spiro atoms. The number of rotatable bonds is 5. The molecule has 3 nitrogen and oxygen atoms in total. The first-order chi connectivity index (χ1) is 9.63. The normalized spacial score (nSPS) is 14.8. The minimum absolute atomic E-state index is 0.203. The van der Waals surface area contributed by atoms with Crippen LogP contribution in [0.4, 0.5) is 4.39 Å². The SMILES string of the molecule is Cc1nn(C)c(Sc2ccc(F)cc2)c1CNC1CC1. The van der Waals surface area contributed by atoms with Gasteiger partial charge in [-0.2, -0.15) is 5.10 Å². The molecule has 2 aromatic rings. The lowest BCUT2D eigenvalue weighted by molar-refractivity contribution is 0.626. The standard InChI is InChI=1S/C15H18FN3S/c1-10-14(9-17-12-5-6-12)15(19(2)18-10)20-13-7-3-11(16)4-8-13/h3-4,7-8,12,17H,5-6,9H2,1-2H3. The molecule has 1 saturated carbocycles. The highest BCUT2D eigenvalue weighted by molar-refractivity contribution is 7.99. The molecule has 1 aromatic heterocycles. The highest BCUT2D eigenvalue weighted by Crippen LogP contribution is 2.32. The quantitative estimate of drug-likeness (QED) is 0.917. The first-order valence-corrected chi connectivity index (χ1v) is 7.64. The van der Waals surface area contributed by atoms with E-state index in [1.54, 1.807) is 23.9 Å². The van der Waals surface area contributed by atoms with Crippen LogP contribution >= 0.6 is 11.8 Å². The molecule has 0 bridgehead atoms. The monoisotopic (exact) mass is 291 g/mol. The number of aromatic nitrogens is 2. The predicted octanol–water partition coefficient (Wildman–Crippen LogP) is 3.27. The topological polar surface area (TPSA) is 29.9 Å². The Labute approximate surface area is 122 Å². The zero-order valence-corrected chi connectivity index (χ0v) is 12.5. The summed E-state index contributed by atoms with van der Waals surface area (Å²) in [6, 6.07) is 7.28. The van der Waals surface area contributed by atoms with E-state index in [9.17, 15) is 4.39 Å². The van der Waals surface area contributed by atoms with Gasteiger partial charge in [0.2, 0.25) is 0 Å². The minimum atomic E-state index is -0.203. The third-order valence-electron chi connectivity index (χ3n) is 3.46. The van der Waals surface area contributed by atoms with Gasteiger partial charge in [-0.05, 0) is 44.0 Å². The number of halogens is 1. The van der Waals surface area contributed by atoms with E-state index in [4.69, 9.17) is 0 Å². The molecule has 3 rings (SSSR count). The molecular weight excluding hydrogens is 273 g/mol. The second kappa shape index (κ2) is 5.58. The lowest BCUT2D eigenvalue weighted by atomic mass is 10.2. The van der Waals surface area contributed by atoms with Crippen molar-refractivity contribution in [1.29, 1.82) is 0 Å². The average Bonchev–Trinajstić information content (AvgIpc) is 3.19. The lowest BCUT2D eigenvalue weighted by Crippen LogP contribution is -2.16. The summed E-state index contributed by atoms with van der Waals surface area (Å²) in [6.45, 7) is 2.90. The van der Waals surface area contributed by atoms with Gasteiger partial charge in [-0.3, -0.25) is 4.68 Å². The van der Waals surface area contributed by atoms with Crippen molar-refractivity contribution in [2.24, 2.45) is 7.05 Å². The van der Waals surface area contributed by atoms with Gasteiger partial charge in [0.15, 0.2) is 0 Å². The molecule has 0 amide bonds. The first-order valence-electron chi connectivity index (χ1n) is 6.83. The number of hydrogen-bond donors (Lipinski definition) is 1. The Morgan fingerprint density at radius 3 is 2.70 bits per heavy atom. The summed E-state index contributed by atoms with van der Waals surface area (Å²) >= 11 is 1.64. The number of hydrogen-bond acceptors (Lipinski definition) is 3. The average molecular weight is 291 g/mol. The van der Waals surface area contributed by atoms with Crippen LogP contribution in [0.25, 0.3) is 0 Å². The molecule has 1 N–H and O–H groups in total. The molecule has 1 heterocycles. The summed E-state index contributed by atoms with van der Waals surface area (Å²) in [7, 11) is 1.96. The summed E-state index contributed by atoms with van der Waals surface area (Å²) in [4.78, 5) is 1.03. The van der Waals surface area contributed by atoms with Crippen LogP contribution in [0.3, 0.4) is 0 Å². The van der Waals surface area contributed by atoms with Crippen molar-refractivity contribution < 1.29 is 4.39 Å². The van der Waals surface area contributed by atoms with E-state index >= 15 is 0 Å². The third kappa shape index (κ3) is 3.04. The van der Waals surface area contributed by atoms with Crippen LogP contribution in [0.15, 0.2) is 34.2 Å². The van der Waals surface area contributed by atoms with E-state index in [2.05, 4.69) is 10.4 Å². The van der Waals surface area contributed by atoms with Gasteiger partial charge in [-0.15, -0.1) is 0 Å². The zero-order valence-electron chi connectivity index (χ0n) is 11.7. The summed E-state index contributed by atoms with van der Waals surface area (Å²) in [5, 5.41) is 9.17. The highest BCUT2D eigenvalue weighted by atomic mass is 32.2. The van der Waals surface area contributed by atoms with E-state index in [1.165, 1.54) is 30.5 Å². The Kier molecular flexibility index (Phi) is 3.81. The maximum absolute atomic E-state index is 13.0. The summed E-state index contributed by atoms with van der Waals surface area (Å²) < 4.78 is 14.9. The van der Waals surface area contributed by atoms with Gasteiger partial charge in [0.25, 0.3) is 0 Å². The number of nitrogens with one attached hydrogen (secondary N) is 1. The fourth-order valence-corrected chi connectivity index (χ4v) is 3.17. The molecule has 106 valence electrons. The summed E-state index contributed by atoms with van der Waals surface area (Å²) in [6.07, 6.45) is 2.56. The Morgan fingerprint density at radius 2 is 2.05 bits per heavy atom. The van der Waals surface area contributed by atoms with E-state index in [0.29, 0.717) is 6.04 Å². The van der Waals surface area contributed by atoms with E-state index < -0.39 is 0 Å². The van der Waals surface area contributed by atoms with Crippen LogP contribution in [-0.2, 0) is 13.6 Å². The molecule has 0 unspecified atom stereocenters. The second-order valence-electron chi connectivity index (χ2n) is 5.20. The van der Waals surface area contributed by atoms with Crippen LogP contribution in [0.2, 0.25) is 0 Å². The van der Waals surface area contributed by atoms with E-state index in [0.717, 1.165) is 22.2 Å². The number of nitrogens with zero attached hydrogens (tertiary/aromatic N) is 2. The predicted molar refractivity (Wildman–Crippen MR) is 78.3 cm³/mol. The van der Waals surface area contributed by atoms with Crippen LogP contribution in [0, 0.1) is 12.7 Å². The van der Waals surface area contributed by atoms with Crippen molar-refractivity contribution >= 4 is 11.8 Å². The largest absolute Gasteiger partial charge is 0.310 e. The molecule has 0 aliphatic heterocycles. The van der Waals surface area contributed by atoms with Gasteiger partial charge in [0, 0.05) is 30.1 Å². The molecule has 20 heavy (non-hydrogen) atoms. The van der Waals surface area contributed by atoms with Crippen LogP contribution < -0.4 is 5.32 Å². The Hall–Kier alpha value is -1.33. The van der Waals surface area contributed by atoms with Crippen molar-refractivity contribution in [3.63, 3.8) is 0 Å². The fourth-order valence-electron chi connectivity index (χ4n) is 2.16. The smallest absolute Gasteiger partial charge is 0.123 e. The Morgan fingerprint density at radius 1 is 1.35 bits per heavy atom. The maximum Gasteiger partial charge on any atom is 0.123 e. The molecule has 1 fully saturated rings. The van der Waals surface area contributed by atoms with E-state index in [-0.39, 0.29) is 5.82 Å². The van der Waals surface area contributed by atoms with Crippen LogP contribution in [0.5, 0.6) is 0 Å². The van der Waals surface area contributed by atoms with E-state index in [1.807, 2.05) is 18.7 Å². The fraction of sp³-hybridized carbons (Fsp3) is 0.400. The van der Waals surface area contributed by atoms with Gasteiger partial charge in [-0.25, -0.2) is 4.39 Å². The molecule has 5 heteroatoms. The number of aryl methyl sites for hydroxylation is 2. The molecule has 0 saturated heterocycles. The van der Waals surface area contributed by atoms with Crippen molar-refractivity contribution in [2.75, 3.05) is 0 Å². The van der Waals surface area contributed by atoms with Gasteiger partial charge in [-0.1, -0.05) is 11.8 Å². The summed E-state index contributed by atoms with van der Waals surface area (Å²) in [5.74, 6) is -0.203. The minimum Gasteiger partial charge on any atom is -0.310 e. The Bertz CT molecular complexity index is 602. The molecule has 1 aliphatic carbocycles. The van der Waals surface area contributed by atoms with Crippen molar-refractivity contribution in [3.8, 4) is 0 Å². The van der Waals surface area contributed by atoms with Crippen LogP contribution in [-0.4, -0.2) is 15.8 Å². The molecule has 0 atom stereocenters. The van der Waals surface area contributed by atoms with Gasteiger partial charge >= 0.3 is 0 Å². The highest BCUT2D eigenvalue weighted by Gasteiger charge is 2.22. The number of benzene rings is 1. The molecule has 1 aliphatic rings.